The maximum absolute atomic E-state index is 12.3. The molecule has 2 aromatic carbocycles. The molecule has 0 bridgehead atoms. The summed E-state index contributed by atoms with van der Waals surface area (Å²) in [6.45, 7) is 0.231. The molecule has 5 heteroatoms. The van der Waals surface area contributed by atoms with Crippen molar-refractivity contribution >= 4 is 44.5 Å². The number of methoxy groups -OCH3 is 1. The Labute approximate surface area is 160 Å². The average Bonchev–Trinajstić information content (AvgIpc) is 3.12. The van der Waals surface area contributed by atoms with Crippen LogP contribution in [0.2, 0.25) is 0 Å². The van der Waals surface area contributed by atoms with Crippen LogP contribution in [0, 0.1) is 0 Å². The average molecular weight is 375 g/mol. The SMILES string of the molecule is COc1ccc2cc3cc(C(=O)OC/C=C/c4ccccc4)sc3nc2c1. The molecule has 0 aliphatic heterocycles. The van der Waals surface area contributed by atoms with Gasteiger partial charge in [-0.05, 0) is 35.9 Å². The monoisotopic (exact) mass is 375 g/mol. The van der Waals surface area contributed by atoms with E-state index in [1.807, 2.05) is 72.8 Å². The molecular weight excluding hydrogens is 358 g/mol. The van der Waals surface area contributed by atoms with E-state index in [0.29, 0.717) is 4.88 Å². The second-order valence-electron chi connectivity index (χ2n) is 5.96. The first-order valence-electron chi connectivity index (χ1n) is 8.50. The van der Waals surface area contributed by atoms with Gasteiger partial charge in [0.2, 0.25) is 0 Å². The molecule has 27 heavy (non-hydrogen) atoms. The van der Waals surface area contributed by atoms with Crippen LogP contribution < -0.4 is 4.74 Å². The quantitative estimate of drug-likeness (QED) is 0.443. The van der Waals surface area contributed by atoms with E-state index in [1.54, 1.807) is 7.11 Å². The van der Waals surface area contributed by atoms with Crippen LogP contribution in [0.4, 0.5) is 0 Å². The van der Waals surface area contributed by atoms with Crippen LogP contribution in [0.5, 0.6) is 5.75 Å². The number of pyridine rings is 1. The molecule has 134 valence electrons. The number of hydrogen-bond acceptors (Lipinski definition) is 5. The van der Waals surface area contributed by atoms with E-state index in [0.717, 1.165) is 32.4 Å². The topological polar surface area (TPSA) is 48.4 Å². The third kappa shape index (κ3) is 3.83. The van der Waals surface area contributed by atoms with Gasteiger partial charge in [0.1, 0.15) is 22.1 Å². The van der Waals surface area contributed by atoms with Crippen LogP contribution in [-0.2, 0) is 4.74 Å². The Kier molecular flexibility index (Phi) is 4.85. The Bertz CT molecular complexity index is 1130. The normalized spacial score (nSPS) is 11.3. The van der Waals surface area contributed by atoms with Crippen molar-refractivity contribution in [3.63, 3.8) is 0 Å². The highest BCUT2D eigenvalue weighted by atomic mass is 32.1. The van der Waals surface area contributed by atoms with Gasteiger partial charge in [0, 0.05) is 16.8 Å². The first-order chi connectivity index (χ1) is 13.2. The smallest absolute Gasteiger partial charge is 0.348 e. The summed E-state index contributed by atoms with van der Waals surface area (Å²) >= 11 is 1.34. The van der Waals surface area contributed by atoms with Crippen molar-refractivity contribution in [1.29, 1.82) is 0 Å². The minimum Gasteiger partial charge on any atom is -0.497 e. The van der Waals surface area contributed by atoms with E-state index >= 15 is 0 Å². The van der Waals surface area contributed by atoms with Crippen molar-refractivity contribution in [3.05, 3.63) is 77.2 Å². The zero-order valence-corrected chi connectivity index (χ0v) is 15.5. The molecule has 0 fully saturated rings. The molecule has 0 saturated carbocycles. The van der Waals surface area contributed by atoms with Gasteiger partial charge in [-0.3, -0.25) is 0 Å². The molecule has 0 spiro atoms. The van der Waals surface area contributed by atoms with Crippen molar-refractivity contribution in [3.8, 4) is 5.75 Å². The fourth-order valence-corrected chi connectivity index (χ4v) is 3.69. The molecule has 4 rings (SSSR count). The minimum absolute atomic E-state index is 0.231. The van der Waals surface area contributed by atoms with Gasteiger partial charge in [0.25, 0.3) is 0 Å². The lowest BCUT2D eigenvalue weighted by Gasteiger charge is -2.01. The summed E-state index contributed by atoms with van der Waals surface area (Å²) in [5.41, 5.74) is 1.91. The summed E-state index contributed by atoms with van der Waals surface area (Å²) in [5, 5.41) is 1.94. The number of benzene rings is 2. The van der Waals surface area contributed by atoms with Crippen LogP contribution in [0.3, 0.4) is 0 Å². The molecule has 0 N–H and O–H groups in total. The van der Waals surface area contributed by atoms with Crippen LogP contribution in [0.25, 0.3) is 27.2 Å². The Hall–Kier alpha value is -3.18. The number of fused-ring (bicyclic) bond motifs is 2. The Morgan fingerprint density at radius 1 is 1.07 bits per heavy atom. The molecule has 2 aromatic heterocycles. The van der Waals surface area contributed by atoms with Crippen molar-refractivity contribution in [2.24, 2.45) is 0 Å². The first kappa shape index (κ1) is 17.2. The minimum atomic E-state index is -0.336. The number of rotatable bonds is 5. The summed E-state index contributed by atoms with van der Waals surface area (Å²) in [7, 11) is 1.63. The third-order valence-corrected chi connectivity index (χ3v) is 5.16. The zero-order chi connectivity index (χ0) is 18.6. The van der Waals surface area contributed by atoms with Gasteiger partial charge in [0.15, 0.2) is 0 Å². The lowest BCUT2D eigenvalue weighted by Crippen LogP contribution is -2.02. The Morgan fingerprint density at radius 2 is 1.93 bits per heavy atom. The van der Waals surface area contributed by atoms with Gasteiger partial charge in [-0.25, -0.2) is 9.78 Å². The summed E-state index contributed by atoms with van der Waals surface area (Å²) in [6.07, 6.45) is 3.76. The summed E-state index contributed by atoms with van der Waals surface area (Å²) in [6, 6.07) is 19.5. The third-order valence-electron chi connectivity index (χ3n) is 4.13. The predicted molar refractivity (Wildman–Crippen MR) is 109 cm³/mol. The second-order valence-corrected chi connectivity index (χ2v) is 6.99. The number of carbonyl (C=O) groups is 1. The van der Waals surface area contributed by atoms with E-state index in [2.05, 4.69) is 4.98 Å². The number of carbonyl (C=O) groups excluding carboxylic acids is 1. The van der Waals surface area contributed by atoms with Crippen LogP contribution in [0.1, 0.15) is 15.2 Å². The number of hydrogen-bond donors (Lipinski definition) is 0. The lowest BCUT2D eigenvalue weighted by molar-refractivity contribution is 0.0556. The molecule has 0 unspecified atom stereocenters. The molecule has 0 amide bonds. The largest absolute Gasteiger partial charge is 0.497 e. The maximum atomic E-state index is 12.3. The highest BCUT2D eigenvalue weighted by molar-refractivity contribution is 7.20. The molecule has 0 aliphatic carbocycles. The molecule has 4 nitrogen and oxygen atoms in total. The standard InChI is InChI=1S/C22H17NO3S/c1-25-18-10-9-16-12-17-13-20(27-21(17)23-19(16)14-18)22(24)26-11-5-8-15-6-3-2-4-7-15/h2-10,12-14H,11H2,1H3/b8-5+. The molecule has 2 heterocycles. The van der Waals surface area contributed by atoms with Gasteiger partial charge < -0.3 is 9.47 Å². The zero-order valence-electron chi connectivity index (χ0n) is 14.7. The van der Waals surface area contributed by atoms with E-state index in [4.69, 9.17) is 9.47 Å². The fourth-order valence-electron chi connectivity index (χ4n) is 2.78. The van der Waals surface area contributed by atoms with Crippen molar-refractivity contribution in [2.45, 2.75) is 0 Å². The van der Waals surface area contributed by atoms with Crippen LogP contribution >= 0.6 is 11.3 Å². The van der Waals surface area contributed by atoms with Crippen LogP contribution in [0.15, 0.2) is 66.7 Å². The highest BCUT2D eigenvalue weighted by Crippen LogP contribution is 2.29. The fraction of sp³-hybridized carbons (Fsp3) is 0.0909. The van der Waals surface area contributed by atoms with Gasteiger partial charge in [-0.15, -0.1) is 11.3 Å². The molecule has 0 saturated heterocycles. The van der Waals surface area contributed by atoms with Crippen molar-refractivity contribution in [2.75, 3.05) is 13.7 Å². The molecule has 0 aliphatic rings. The number of esters is 1. The Balaban J connectivity index is 1.50. The van der Waals surface area contributed by atoms with Gasteiger partial charge >= 0.3 is 5.97 Å². The van der Waals surface area contributed by atoms with E-state index in [1.165, 1.54) is 11.3 Å². The van der Waals surface area contributed by atoms with Crippen LogP contribution in [-0.4, -0.2) is 24.7 Å². The van der Waals surface area contributed by atoms with E-state index in [-0.39, 0.29) is 12.6 Å². The number of ether oxygens (including phenoxy) is 2. The maximum Gasteiger partial charge on any atom is 0.348 e. The molecular formula is C22H17NO3S. The van der Waals surface area contributed by atoms with Crippen molar-refractivity contribution < 1.29 is 14.3 Å². The van der Waals surface area contributed by atoms with Gasteiger partial charge in [-0.2, -0.15) is 0 Å². The lowest BCUT2D eigenvalue weighted by atomic mass is 10.2. The second kappa shape index (κ2) is 7.60. The molecule has 0 radical (unpaired) electrons. The predicted octanol–water partition coefficient (Wildman–Crippen LogP) is 5.33. The summed E-state index contributed by atoms with van der Waals surface area (Å²) < 4.78 is 10.6. The molecule has 0 atom stereocenters. The number of nitrogens with zero attached hydrogens (tertiary/aromatic N) is 1. The van der Waals surface area contributed by atoms with Crippen molar-refractivity contribution in [1.82, 2.24) is 4.98 Å². The first-order valence-corrected chi connectivity index (χ1v) is 9.31. The van der Waals surface area contributed by atoms with Gasteiger partial charge in [0.05, 0.1) is 12.6 Å². The summed E-state index contributed by atoms with van der Waals surface area (Å²) in [5.74, 6) is 0.424. The molecule has 4 aromatic rings. The van der Waals surface area contributed by atoms with Gasteiger partial charge in [-0.1, -0.05) is 36.4 Å². The van der Waals surface area contributed by atoms with E-state index in [9.17, 15) is 4.79 Å². The summed E-state index contributed by atoms with van der Waals surface area (Å²) in [4.78, 5) is 18.3. The van der Waals surface area contributed by atoms with E-state index < -0.39 is 0 Å². The number of thiophene rings is 1. The number of aromatic nitrogens is 1. The Morgan fingerprint density at radius 3 is 2.74 bits per heavy atom. The highest BCUT2D eigenvalue weighted by Gasteiger charge is 2.13.